The molecule has 0 spiro atoms. The summed E-state index contributed by atoms with van der Waals surface area (Å²) in [7, 11) is 0. The molecule has 0 aliphatic carbocycles. The van der Waals surface area contributed by atoms with Crippen molar-refractivity contribution in [3.8, 4) is 5.69 Å². The number of para-hydroxylation sites is 1. The van der Waals surface area contributed by atoms with Crippen molar-refractivity contribution in [2.45, 2.75) is 26.6 Å². The molecule has 0 bridgehead atoms. The van der Waals surface area contributed by atoms with Gasteiger partial charge < -0.3 is 5.11 Å². The van der Waals surface area contributed by atoms with Crippen molar-refractivity contribution in [3.63, 3.8) is 0 Å². The van der Waals surface area contributed by atoms with E-state index in [1.807, 2.05) is 10.7 Å². The van der Waals surface area contributed by atoms with Crippen LogP contribution in [0.25, 0.3) is 17.8 Å². The van der Waals surface area contributed by atoms with Crippen LogP contribution in [0.1, 0.15) is 33.6 Å². The summed E-state index contributed by atoms with van der Waals surface area (Å²) in [6.45, 7) is 10.1. The molecule has 1 aliphatic rings. The Kier molecular flexibility index (Phi) is 11.6. The zero-order chi connectivity index (χ0) is 31.4. The Labute approximate surface area is 256 Å². The highest BCUT2D eigenvalue weighted by atomic mass is 19.4. The van der Waals surface area contributed by atoms with Gasteiger partial charge in [-0.3, -0.25) is 9.80 Å². The fourth-order valence-corrected chi connectivity index (χ4v) is 4.88. The van der Waals surface area contributed by atoms with Crippen LogP contribution >= 0.6 is 0 Å². The lowest BCUT2D eigenvalue weighted by Crippen LogP contribution is -2.46. The molecule has 10 heteroatoms. The summed E-state index contributed by atoms with van der Waals surface area (Å²) in [5.41, 5.74) is 4.48. The van der Waals surface area contributed by atoms with Crippen molar-refractivity contribution >= 4 is 12.2 Å². The molecule has 0 amide bonds. The van der Waals surface area contributed by atoms with E-state index in [1.54, 1.807) is 6.07 Å². The maximum Gasteiger partial charge on any atom is 0.416 e. The number of allylic oxidation sites excluding steroid dienone is 2. The Morgan fingerprint density at radius 2 is 1.45 bits per heavy atom. The van der Waals surface area contributed by atoms with Crippen molar-refractivity contribution < 1.29 is 18.3 Å². The first-order valence-corrected chi connectivity index (χ1v) is 14.4. The SMILES string of the molecule is Cc1cccc(C)c1-n1nnnc1CN1CCN(C/C=C/c2ccccc2)CC1.O/C=C\C=C\c1cccc(C(F)(F)F)c1. The van der Waals surface area contributed by atoms with Crippen LogP contribution in [0.5, 0.6) is 0 Å². The van der Waals surface area contributed by atoms with E-state index in [-0.39, 0.29) is 0 Å². The molecule has 1 aromatic heterocycles. The van der Waals surface area contributed by atoms with Crippen LogP contribution in [0.3, 0.4) is 0 Å². The zero-order valence-electron chi connectivity index (χ0n) is 24.9. The van der Waals surface area contributed by atoms with E-state index in [9.17, 15) is 13.2 Å². The van der Waals surface area contributed by atoms with Gasteiger partial charge in [0.25, 0.3) is 0 Å². The summed E-state index contributed by atoms with van der Waals surface area (Å²) in [5.74, 6) is 0.903. The van der Waals surface area contributed by atoms with E-state index in [4.69, 9.17) is 5.11 Å². The number of aromatic nitrogens is 4. The third-order valence-corrected chi connectivity index (χ3v) is 7.19. The summed E-state index contributed by atoms with van der Waals surface area (Å²) >= 11 is 0. The Bertz CT molecular complexity index is 1530. The summed E-state index contributed by atoms with van der Waals surface area (Å²) in [5, 5.41) is 20.8. The normalized spacial score (nSPS) is 14.8. The van der Waals surface area contributed by atoms with Crippen LogP contribution in [-0.4, -0.2) is 67.8 Å². The molecule has 2 heterocycles. The van der Waals surface area contributed by atoms with E-state index >= 15 is 0 Å². The van der Waals surface area contributed by atoms with Crippen LogP contribution in [0.2, 0.25) is 0 Å². The molecule has 44 heavy (non-hydrogen) atoms. The highest BCUT2D eigenvalue weighted by Crippen LogP contribution is 2.29. The number of hydrogen-bond acceptors (Lipinski definition) is 6. The predicted octanol–water partition coefficient (Wildman–Crippen LogP) is 6.90. The second-order valence-corrected chi connectivity index (χ2v) is 10.5. The Balaban J connectivity index is 0.000000249. The molecular formula is C34H37F3N6O. The Morgan fingerprint density at radius 3 is 2.14 bits per heavy atom. The number of aliphatic hydroxyl groups excluding tert-OH is 1. The highest BCUT2D eigenvalue weighted by molar-refractivity contribution is 5.52. The first-order chi connectivity index (χ1) is 21.2. The molecule has 1 saturated heterocycles. The van der Waals surface area contributed by atoms with Crippen LogP contribution in [0.4, 0.5) is 13.2 Å². The van der Waals surface area contributed by atoms with Gasteiger partial charge in [0.05, 0.1) is 24.1 Å². The third-order valence-electron chi connectivity index (χ3n) is 7.19. The zero-order valence-corrected chi connectivity index (χ0v) is 24.9. The molecule has 5 rings (SSSR count). The van der Waals surface area contributed by atoms with Gasteiger partial charge >= 0.3 is 6.18 Å². The number of hydrogen-bond donors (Lipinski definition) is 1. The van der Waals surface area contributed by atoms with Crippen molar-refractivity contribution in [3.05, 3.63) is 131 Å². The average Bonchev–Trinajstić information content (AvgIpc) is 3.46. The molecule has 1 aliphatic heterocycles. The van der Waals surface area contributed by atoms with Crippen molar-refractivity contribution in [2.24, 2.45) is 0 Å². The first-order valence-electron chi connectivity index (χ1n) is 14.4. The van der Waals surface area contributed by atoms with Gasteiger partial charge in [0.15, 0.2) is 5.82 Å². The van der Waals surface area contributed by atoms with Crippen LogP contribution in [-0.2, 0) is 12.7 Å². The summed E-state index contributed by atoms with van der Waals surface area (Å²) in [6.07, 6.45) is 5.19. The summed E-state index contributed by atoms with van der Waals surface area (Å²) < 4.78 is 38.7. The number of halogens is 3. The van der Waals surface area contributed by atoms with Crippen molar-refractivity contribution in [1.29, 1.82) is 0 Å². The third kappa shape index (κ3) is 9.48. The molecule has 0 radical (unpaired) electrons. The second-order valence-electron chi connectivity index (χ2n) is 10.5. The molecule has 230 valence electrons. The molecule has 0 unspecified atom stereocenters. The van der Waals surface area contributed by atoms with Gasteiger partial charge in [-0.05, 0) is 64.7 Å². The standard InChI is InChI=1S/C23H28N6.C11H9F3O/c1-19-8-6-9-20(2)23(19)29-22(24-25-26-29)18-28-16-14-27(15-17-28)13-7-12-21-10-4-3-5-11-21;12-11(13,14)10-6-3-5-9(8-10)4-1-2-7-15/h3-12H,13-18H2,1-2H3;1-8,15H/b12-7+;4-1+,7-2-. The number of tetrazole rings is 1. The van der Waals surface area contributed by atoms with Crippen LogP contribution < -0.4 is 0 Å². The fraction of sp³-hybridized carbons (Fsp3) is 0.265. The molecule has 3 aromatic carbocycles. The lowest BCUT2D eigenvalue weighted by atomic mass is 10.1. The lowest BCUT2D eigenvalue weighted by molar-refractivity contribution is -0.137. The maximum absolute atomic E-state index is 12.3. The number of aliphatic hydroxyl groups is 1. The Hall–Kier alpha value is -4.54. The number of nitrogens with zero attached hydrogens (tertiary/aromatic N) is 6. The van der Waals surface area contributed by atoms with E-state index in [2.05, 4.69) is 93.8 Å². The quantitative estimate of drug-likeness (QED) is 0.175. The van der Waals surface area contributed by atoms with Crippen LogP contribution in [0.15, 0.2) is 97.3 Å². The minimum absolute atomic E-state index is 0.433. The van der Waals surface area contributed by atoms with E-state index in [0.717, 1.165) is 69.2 Å². The first kappa shape index (κ1) is 32.4. The van der Waals surface area contributed by atoms with E-state index < -0.39 is 11.7 Å². The fourth-order valence-electron chi connectivity index (χ4n) is 4.88. The van der Waals surface area contributed by atoms with Gasteiger partial charge in [0.1, 0.15) is 0 Å². The summed E-state index contributed by atoms with van der Waals surface area (Å²) in [6, 6.07) is 21.7. The van der Waals surface area contributed by atoms with Crippen molar-refractivity contribution in [2.75, 3.05) is 32.7 Å². The van der Waals surface area contributed by atoms with E-state index in [0.29, 0.717) is 5.56 Å². The average molecular weight is 603 g/mol. The largest absolute Gasteiger partial charge is 0.516 e. The molecule has 1 N–H and O–H groups in total. The number of rotatable bonds is 8. The molecule has 0 saturated carbocycles. The van der Waals surface area contributed by atoms with Crippen LogP contribution in [0, 0.1) is 13.8 Å². The number of aryl methyl sites for hydroxylation is 2. The molecular weight excluding hydrogens is 565 g/mol. The summed E-state index contributed by atoms with van der Waals surface area (Å²) in [4.78, 5) is 4.93. The highest BCUT2D eigenvalue weighted by Gasteiger charge is 2.30. The van der Waals surface area contributed by atoms with Crippen molar-refractivity contribution in [1.82, 2.24) is 30.0 Å². The second kappa shape index (κ2) is 15.8. The number of benzene rings is 3. The van der Waals surface area contributed by atoms with E-state index in [1.165, 1.54) is 41.0 Å². The van der Waals surface area contributed by atoms with Gasteiger partial charge in [-0.25, -0.2) is 0 Å². The smallest absolute Gasteiger partial charge is 0.416 e. The van der Waals surface area contributed by atoms with Gasteiger partial charge in [0.2, 0.25) is 0 Å². The molecule has 4 aromatic rings. The monoisotopic (exact) mass is 602 g/mol. The molecule has 1 fully saturated rings. The number of alkyl halides is 3. The van der Waals surface area contributed by atoms with Gasteiger partial charge in [0, 0.05) is 32.7 Å². The molecule has 7 nitrogen and oxygen atoms in total. The minimum Gasteiger partial charge on any atom is -0.516 e. The topological polar surface area (TPSA) is 70.3 Å². The van der Waals surface area contributed by atoms with Gasteiger partial charge in [-0.15, -0.1) is 5.10 Å². The van der Waals surface area contributed by atoms with Gasteiger partial charge in [-0.2, -0.15) is 17.9 Å². The van der Waals surface area contributed by atoms with Gasteiger partial charge in [-0.1, -0.05) is 85.0 Å². The molecule has 0 atom stereocenters. The predicted molar refractivity (Wildman–Crippen MR) is 168 cm³/mol. The Morgan fingerprint density at radius 1 is 0.795 bits per heavy atom. The number of piperazine rings is 1. The maximum atomic E-state index is 12.3. The minimum atomic E-state index is -4.32. The lowest BCUT2D eigenvalue weighted by Gasteiger charge is -2.33.